The minimum absolute atomic E-state index is 0.549. The molecule has 1 aromatic heterocycles. The van der Waals surface area contributed by atoms with Gasteiger partial charge in [-0.1, -0.05) is 24.3 Å². The third kappa shape index (κ3) is 4.56. The van der Waals surface area contributed by atoms with Gasteiger partial charge in [-0.25, -0.2) is 0 Å². The Morgan fingerprint density at radius 2 is 1.68 bits per heavy atom. The van der Waals surface area contributed by atoms with Crippen molar-refractivity contribution in [2.75, 3.05) is 20.6 Å². The van der Waals surface area contributed by atoms with Crippen LogP contribution in [0.15, 0.2) is 42.6 Å². The first kappa shape index (κ1) is 16.5. The molecule has 1 heterocycles. The van der Waals surface area contributed by atoms with E-state index in [-0.39, 0.29) is 0 Å². The highest BCUT2D eigenvalue weighted by Crippen LogP contribution is 2.29. The number of aromatic nitrogens is 1. The topological polar surface area (TPSA) is 16.1 Å². The van der Waals surface area contributed by atoms with Crippen LogP contribution in [0.1, 0.15) is 17.5 Å². The number of hydrogen-bond donors (Lipinski definition) is 0. The monoisotopic (exact) mass is 308 g/mol. The third-order valence-corrected chi connectivity index (χ3v) is 3.41. The van der Waals surface area contributed by atoms with Crippen LogP contribution in [0.2, 0.25) is 0 Å². The Hall–Kier alpha value is -1.88. The number of halogens is 3. The number of rotatable bonds is 5. The van der Waals surface area contributed by atoms with Gasteiger partial charge in [0.15, 0.2) is 0 Å². The fourth-order valence-electron chi connectivity index (χ4n) is 2.17. The summed E-state index contributed by atoms with van der Waals surface area (Å²) in [5.74, 6) is 0. The van der Waals surface area contributed by atoms with E-state index in [4.69, 9.17) is 0 Å². The van der Waals surface area contributed by atoms with E-state index in [1.165, 1.54) is 11.6 Å². The summed E-state index contributed by atoms with van der Waals surface area (Å²) in [6.45, 7) is 1.03. The van der Waals surface area contributed by atoms with Gasteiger partial charge in [-0.2, -0.15) is 13.2 Å². The summed E-state index contributed by atoms with van der Waals surface area (Å²) >= 11 is 0. The minimum atomic E-state index is -4.35. The molecule has 0 atom stereocenters. The van der Waals surface area contributed by atoms with Crippen LogP contribution >= 0.6 is 0 Å². The molecular formula is C17H19F3N2. The highest BCUT2D eigenvalue weighted by atomic mass is 19.4. The van der Waals surface area contributed by atoms with E-state index in [1.54, 1.807) is 0 Å². The first-order chi connectivity index (χ1) is 10.4. The average Bonchev–Trinajstić information content (AvgIpc) is 2.47. The summed E-state index contributed by atoms with van der Waals surface area (Å²) in [7, 11) is 4.08. The molecule has 5 heteroatoms. The van der Waals surface area contributed by atoms with Crippen molar-refractivity contribution in [1.82, 2.24) is 9.88 Å². The molecule has 0 aliphatic carbocycles. The van der Waals surface area contributed by atoms with Gasteiger partial charge in [0.1, 0.15) is 0 Å². The van der Waals surface area contributed by atoms with Gasteiger partial charge >= 0.3 is 6.18 Å². The zero-order valence-electron chi connectivity index (χ0n) is 12.7. The summed E-state index contributed by atoms with van der Waals surface area (Å²) in [6.07, 6.45) is -1.41. The molecular weight excluding hydrogens is 289 g/mol. The largest absolute Gasteiger partial charge is 0.417 e. The van der Waals surface area contributed by atoms with Gasteiger partial charge in [0.05, 0.1) is 11.3 Å². The van der Waals surface area contributed by atoms with Crippen molar-refractivity contribution in [2.24, 2.45) is 0 Å². The number of aryl methyl sites for hydroxylation is 1. The second-order valence-electron chi connectivity index (χ2n) is 5.53. The van der Waals surface area contributed by atoms with Gasteiger partial charge in [0.25, 0.3) is 0 Å². The molecule has 0 fully saturated rings. The van der Waals surface area contributed by atoms with E-state index >= 15 is 0 Å². The standard InChI is InChI=1S/C17H19F3N2/c1-22(2)11-3-4-13-5-7-14(8-6-13)16-10-9-15(12-21-16)17(18,19)20/h5-10,12H,3-4,11H2,1-2H3. The maximum atomic E-state index is 12.5. The van der Waals surface area contributed by atoms with Crippen LogP contribution in [0.25, 0.3) is 11.3 Å². The van der Waals surface area contributed by atoms with Crippen molar-refractivity contribution < 1.29 is 13.2 Å². The predicted molar refractivity (Wildman–Crippen MR) is 81.6 cm³/mol. The van der Waals surface area contributed by atoms with E-state index in [0.717, 1.165) is 37.2 Å². The number of alkyl halides is 3. The lowest BCUT2D eigenvalue weighted by molar-refractivity contribution is -0.137. The first-order valence-corrected chi connectivity index (χ1v) is 7.13. The van der Waals surface area contributed by atoms with Crippen molar-refractivity contribution in [2.45, 2.75) is 19.0 Å². The van der Waals surface area contributed by atoms with Crippen LogP contribution in [0.4, 0.5) is 13.2 Å². The molecule has 0 spiro atoms. The van der Waals surface area contributed by atoms with Crippen molar-refractivity contribution in [3.05, 3.63) is 53.7 Å². The average molecular weight is 308 g/mol. The lowest BCUT2D eigenvalue weighted by Crippen LogP contribution is -2.13. The fourth-order valence-corrected chi connectivity index (χ4v) is 2.17. The third-order valence-electron chi connectivity index (χ3n) is 3.41. The van der Waals surface area contributed by atoms with Crippen molar-refractivity contribution in [1.29, 1.82) is 0 Å². The number of nitrogens with zero attached hydrogens (tertiary/aromatic N) is 2. The maximum Gasteiger partial charge on any atom is 0.417 e. The van der Waals surface area contributed by atoms with Gasteiger partial charge in [-0.05, 0) is 51.2 Å². The minimum Gasteiger partial charge on any atom is -0.309 e. The Morgan fingerprint density at radius 1 is 1.00 bits per heavy atom. The van der Waals surface area contributed by atoms with E-state index in [9.17, 15) is 13.2 Å². The highest BCUT2D eigenvalue weighted by Gasteiger charge is 2.30. The molecule has 0 aliphatic rings. The van der Waals surface area contributed by atoms with Crippen LogP contribution in [0.5, 0.6) is 0 Å². The van der Waals surface area contributed by atoms with Gasteiger partial charge in [0, 0.05) is 11.8 Å². The van der Waals surface area contributed by atoms with Gasteiger partial charge in [-0.15, -0.1) is 0 Å². The predicted octanol–water partition coefficient (Wildman–Crippen LogP) is 4.26. The maximum absolute atomic E-state index is 12.5. The zero-order valence-corrected chi connectivity index (χ0v) is 12.7. The van der Waals surface area contributed by atoms with Crippen LogP contribution in [-0.2, 0) is 12.6 Å². The molecule has 0 aliphatic heterocycles. The smallest absolute Gasteiger partial charge is 0.309 e. The second-order valence-corrected chi connectivity index (χ2v) is 5.53. The van der Waals surface area contributed by atoms with E-state index in [1.807, 2.05) is 38.4 Å². The summed E-state index contributed by atoms with van der Waals surface area (Å²) in [6, 6.07) is 10.3. The van der Waals surface area contributed by atoms with Crippen LogP contribution in [0, 0.1) is 0 Å². The molecule has 2 rings (SSSR count). The molecule has 1 aromatic carbocycles. The zero-order chi connectivity index (χ0) is 16.2. The SMILES string of the molecule is CN(C)CCCc1ccc(-c2ccc(C(F)(F)F)cn2)cc1. The van der Waals surface area contributed by atoms with E-state index in [0.29, 0.717) is 5.69 Å². The fraction of sp³-hybridized carbons (Fsp3) is 0.353. The van der Waals surface area contributed by atoms with Crippen LogP contribution < -0.4 is 0 Å². The molecule has 0 radical (unpaired) electrons. The lowest BCUT2D eigenvalue weighted by atomic mass is 10.0. The summed E-state index contributed by atoms with van der Waals surface area (Å²) in [5, 5.41) is 0. The Bertz CT molecular complexity index is 587. The lowest BCUT2D eigenvalue weighted by Gasteiger charge is -2.09. The molecule has 118 valence electrons. The Morgan fingerprint density at radius 3 is 2.18 bits per heavy atom. The Balaban J connectivity index is 2.04. The first-order valence-electron chi connectivity index (χ1n) is 7.13. The van der Waals surface area contributed by atoms with Crippen molar-refractivity contribution in [3.8, 4) is 11.3 Å². The number of hydrogen-bond acceptors (Lipinski definition) is 2. The van der Waals surface area contributed by atoms with Crippen molar-refractivity contribution in [3.63, 3.8) is 0 Å². The molecule has 0 saturated heterocycles. The number of benzene rings is 1. The molecule has 0 saturated carbocycles. The summed E-state index contributed by atoms with van der Waals surface area (Å²) in [4.78, 5) is 6.04. The van der Waals surface area contributed by atoms with E-state index in [2.05, 4.69) is 9.88 Å². The van der Waals surface area contributed by atoms with E-state index < -0.39 is 11.7 Å². The Labute approximate surface area is 128 Å². The molecule has 22 heavy (non-hydrogen) atoms. The van der Waals surface area contributed by atoms with Crippen LogP contribution in [0.3, 0.4) is 0 Å². The highest BCUT2D eigenvalue weighted by molar-refractivity contribution is 5.59. The van der Waals surface area contributed by atoms with Gasteiger partial charge < -0.3 is 4.90 Å². The molecule has 0 amide bonds. The summed E-state index contributed by atoms with van der Waals surface area (Å²) in [5.41, 5.74) is 1.87. The molecule has 2 nitrogen and oxygen atoms in total. The second kappa shape index (κ2) is 6.92. The summed E-state index contributed by atoms with van der Waals surface area (Å²) < 4.78 is 37.5. The van der Waals surface area contributed by atoms with Gasteiger partial charge in [0.2, 0.25) is 0 Å². The normalized spacial score (nSPS) is 11.9. The molecule has 2 aromatic rings. The quantitative estimate of drug-likeness (QED) is 0.820. The number of pyridine rings is 1. The van der Waals surface area contributed by atoms with Gasteiger partial charge in [-0.3, -0.25) is 4.98 Å². The van der Waals surface area contributed by atoms with Crippen LogP contribution in [-0.4, -0.2) is 30.5 Å². The molecule has 0 N–H and O–H groups in total. The molecule has 0 unspecified atom stereocenters. The Kier molecular flexibility index (Phi) is 5.19. The van der Waals surface area contributed by atoms with Crippen molar-refractivity contribution >= 4 is 0 Å². The molecule has 0 bridgehead atoms.